The van der Waals surface area contributed by atoms with Gasteiger partial charge in [-0.1, -0.05) is 45.7 Å². The Bertz CT molecular complexity index is 1050. The van der Waals surface area contributed by atoms with Gasteiger partial charge >= 0.3 is 0 Å². The Kier molecular flexibility index (Phi) is 5.50. The molecule has 3 rings (SSSR count). The van der Waals surface area contributed by atoms with Crippen molar-refractivity contribution in [1.82, 2.24) is 0 Å². The van der Waals surface area contributed by atoms with E-state index in [1.54, 1.807) is 36.4 Å². The minimum absolute atomic E-state index is 0.00208. The van der Waals surface area contributed by atoms with Gasteiger partial charge in [0.15, 0.2) is 15.6 Å². The van der Waals surface area contributed by atoms with E-state index < -0.39 is 15.7 Å². The van der Waals surface area contributed by atoms with Crippen molar-refractivity contribution in [2.24, 2.45) is 0 Å². The van der Waals surface area contributed by atoms with E-state index in [-0.39, 0.29) is 22.2 Å². The summed E-state index contributed by atoms with van der Waals surface area (Å²) < 4.78 is 30.9. The van der Waals surface area contributed by atoms with Crippen LogP contribution in [0.15, 0.2) is 74.4 Å². The zero-order valence-corrected chi connectivity index (χ0v) is 16.4. The molecule has 1 heterocycles. The fraction of sp³-hybridized carbons (Fsp3) is 0.0556. The quantitative estimate of drug-likeness (QED) is 0.593. The molecule has 0 saturated carbocycles. The van der Waals surface area contributed by atoms with Crippen LogP contribution in [0.25, 0.3) is 0 Å². The Morgan fingerprint density at radius 2 is 1.81 bits per heavy atom. The van der Waals surface area contributed by atoms with Gasteiger partial charge in [-0.3, -0.25) is 4.79 Å². The fourth-order valence-corrected chi connectivity index (χ4v) is 4.24. The number of amides is 1. The molecule has 0 atom stereocenters. The first kappa shape index (κ1) is 18.7. The maximum absolute atomic E-state index is 12.4. The van der Waals surface area contributed by atoms with Crippen molar-refractivity contribution in [2.45, 2.75) is 10.6 Å². The topological polar surface area (TPSA) is 76.4 Å². The standard InChI is InChI=1S/C18H13BrClNO4S/c19-12-6-8-16(15(20)10-12)21-18(22)17-9-7-13(25-17)11-26(23,24)14-4-2-1-3-5-14/h1-10H,11H2,(H,21,22). The van der Waals surface area contributed by atoms with Crippen LogP contribution in [0.4, 0.5) is 5.69 Å². The van der Waals surface area contributed by atoms with Crippen molar-refractivity contribution in [3.05, 3.63) is 81.7 Å². The van der Waals surface area contributed by atoms with Gasteiger partial charge in [0.2, 0.25) is 0 Å². The number of halogens is 2. The number of hydrogen-bond donors (Lipinski definition) is 1. The monoisotopic (exact) mass is 453 g/mol. The first-order chi connectivity index (χ1) is 12.3. The molecule has 5 nitrogen and oxygen atoms in total. The van der Waals surface area contributed by atoms with Gasteiger partial charge in [0.05, 0.1) is 15.6 Å². The third-order valence-corrected chi connectivity index (χ3v) is 5.96. The van der Waals surface area contributed by atoms with E-state index in [0.29, 0.717) is 10.7 Å². The van der Waals surface area contributed by atoms with Gasteiger partial charge in [0.1, 0.15) is 11.5 Å². The summed E-state index contributed by atoms with van der Waals surface area (Å²) in [6.07, 6.45) is 0. The van der Waals surface area contributed by atoms with Crippen molar-refractivity contribution in [1.29, 1.82) is 0 Å². The first-order valence-electron chi connectivity index (χ1n) is 7.48. The number of benzene rings is 2. The van der Waals surface area contributed by atoms with Crippen LogP contribution in [0.5, 0.6) is 0 Å². The molecule has 1 aromatic heterocycles. The van der Waals surface area contributed by atoms with Gasteiger partial charge in [0.25, 0.3) is 5.91 Å². The van der Waals surface area contributed by atoms with Gasteiger partial charge in [-0.2, -0.15) is 0 Å². The molecule has 134 valence electrons. The highest BCUT2D eigenvalue weighted by Crippen LogP contribution is 2.26. The van der Waals surface area contributed by atoms with Gasteiger partial charge < -0.3 is 9.73 Å². The van der Waals surface area contributed by atoms with E-state index in [1.165, 1.54) is 24.3 Å². The van der Waals surface area contributed by atoms with E-state index in [1.807, 2.05) is 0 Å². The lowest BCUT2D eigenvalue weighted by Crippen LogP contribution is -2.11. The van der Waals surface area contributed by atoms with E-state index >= 15 is 0 Å². The zero-order valence-electron chi connectivity index (χ0n) is 13.3. The van der Waals surface area contributed by atoms with E-state index in [2.05, 4.69) is 21.2 Å². The maximum Gasteiger partial charge on any atom is 0.291 e. The first-order valence-corrected chi connectivity index (χ1v) is 10.3. The molecular weight excluding hydrogens is 442 g/mol. The van der Waals surface area contributed by atoms with Crippen molar-refractivity contribution < 1.29 is 17.6 Å². The molecule has 1 N–H and O–H groups in total. The summed E-state index contributed by atoms with van der Waals surface area (Å²) in [7, 11) is -3.55. The number of nitrogens with one attached hydrogen (secondary N) is 1. The Morgan fingerprint density at radius 3 is 2.50 bits per heavy atom. The lowest BCUT2D eigenvalue weighted by atomic mass is 10.3. The second-order valence-electron chi connectivity index (χ2n) is 5.42. The summed E-state index contributed by atoms with van der Waals surface area (Å²) in [5, 5.41) is 2.99. The molecule has 0 unspecified atom stereocenters. The van der Waals surface area contributed by atoms with Gasteiger partial charge in [-0.05, 0) is 42.5 Å². The number of carbonyl (C=O) groups is 1. The summed E-state index contributed by atoms with van der Waals surface area (Å²) in [4.78, 5) is 12.5. The number of hydrogen-bond acceptors (Lipinski definition) is 4. The summed E-state index contributed by atoms with van der Waals surface area (Å²) in [6, 6.07) is 16.0. The second kappa shape index (κ2) is 7.65. The molecule has 3 aromatic rings. The Hall–Kier alpha value is -2.09. The minimum atomic E-state index is -3.55. The predicted molar refractivity (Wildman–Crippen MR) is 103 cm³/mol. The highest BCUT2D eigenvalue weighted by molar-refractivity contribution is 9.10. The van der Waals surface area contributed by atoms with Crippen LogP contribution in [0, 0.1) is 0 Å². The van der Waals surface area contributed by atoms with Crippen molar-refractivity contribution in [3.63, 3.8) is 0 Å². The third kappa shape index (κ3) is 4.35. The molecule has 26 heavy (non-hydrogen) atoms. The average molecular weight is 455 g/mol. The van der Waals surface area contributed by atoms with Crippen LogP contribution < -0.4 is 5.32 Å². The van der Waals surface area contributed by atoms with E-state index in [0.717, 1.165) is 4.47 Å². The summed E-state index contributed by atoms with van der Waals surface area (Å²) in [6.45, 7) is 0. The molecule has 0 spiro atoms. The van der Waals surface area contributed by atoms with Crippen LogP contribution in [0.3, 0.4) is 0 Å². The Labute approximate surface area is 164 Å². The SMILES string of the molecule is O=C(Nc1ccc(Br)cc1Cl)c1ccc(CS(=O)(=O)c2ccccc2)o1. The molecule has 0 bridgehead atoms. The average Bonchev–Trinajstić information content (AvgIpc) is 3.06. The van der Waals surface area contributed by atoms with E-state index in [4.69, 9.17) is 16.0 Å². The lowest BCUT2D eigenvalue weighted by Gasteiger charge is -2.06. The summed E-state index contributed by atoms with van der Waals surface area (Å²) in [5.41, 5.74) is 0.426. The molecule has 2 aromatic carbocycles. The van der Waals surface area contributed by atoms with Crippen molar-refractivity contribution >= 4 is 49.0 Å². The maximum atomic E-state index is 12.4. The number of rotatable bonds is 5. The Morgan fingerprint density at radius 1 is 1.08 bits per heavy atom. The summed E-state index contributed by atoms with van der Waals surface area (Å²) in [5.74, 6) is -0.663. The molecule has 8 heteroatoms. The van der Waals surface area contributed by atoms with Gasteiger partial charge in [0, 0.05) is 4.47 Å². The predicted octanol–water partition coefficient (Wildman–Crippen LogP) is 4.92. The second-order valence-corrected chi connectivity index (χ2v) is 8.73. The largest absolute Gasteiger partial charge is 0.455 e. The number of carbonyl (C=O) groups excluding carboxylic acids is 1. The molecule has 0 aliphatic carbocycles. The molecule has 1 amide bonds. The molecule has 0 aliphatic rings. The van der Waals surface area contributed by atoms with Gasteiger partial charge in [-0.25, -0.2) is 8.42 Å². The normalized spacial score (nSPS) is 11.3. The van der Waals surface area contributed by atoms with Gasteiger partial charge in [-0.15, -0.1) is 0 Å². The van der Waals surface area contributed by atoms with Crippen LogP contribution in [0.1, 0.15) is 16.3 Å². The van der Waals surface area contributed by atoms with E-state index in [9.17, 15) is 13.2 Å². The molecule has 0 fully saturated rings. The fourth-order valence-electron chi connectivity index (χ4n) is 2.25. The summed E-state index contributed by atoms with van der Waals surface area (Å²) >= 11 is 9.35. The van der Waals surface area contributed by atoms with Crippen LogP contribution in [-0.4, -0.2) is 14.3 Å². The molecule has 0 aliphatic heterocycles. The van der Waals surface area contributed by atoms with Crippen LogP contribution in [0.2, 0.25) is 5.02 Å². The smallest absolute Gasteiger partial charge is 0.291 e. The number of anilines is 1. The highest BCUT2D eigenvalue weighted by Gasteiger charge is 2.19. The molecule has 0 saturated heterocycles. The van der Waals surface area contributed by atoms with Crippen LogP contribution >= 0.6 is 27.5 Å². The Balaban J connectivity index is 1.74. The number of sulfone groups is 1. The third-order valence-electron chi connectivity index (χ3n) is 3.50. The van der Waals surface area contributed by atoms with Crippen molar-refractivity contribution in [2.75, 3.05) is 5.32 Å². The minimum Gasteiger partial charge on any atom is -0.455 e. The molecule has 0 radical (unpaired) electrons. The zero-order chi connectivity index (χ0) is 18.7. The highest BCUT2D eigenvalue weighted by atomic mass is 79.9. The van der Waals surface area contributed by atoms with Crippen LogP contribution in [-0.2, 0) is 15.6 Å². The lowest BCUT2D eigenvalue weighted by molar-refractivity contribution is 0.0995. The van der Waals surface area contributed by atoms with Crippen molar-refractivity contribution in [3.8, 4) is 0 Å². The number of furan rings is 1. The molecular formula is C18H13BrClNO4S.